The van der Waals surface area contributed by atoms with Crippen LogP contribution < -0.4 is 9.80 Å². The highest BCUT2D eigenvalue weighted by Gasteiger charge is 2.22. The normalized spacial score (nSPS) is 14.8. The van der Waals surface area contributed by atoms with E-state index in [1.54, 1.807) is 13.4 Å². The van der Waals surface area contributed by atoms with Gasteiger partial charge in [-0.25, -0.2) is 9.97 Å². The summed E-state index contributed by atoms with van der Waals surface area (Å²) in [4.78, 5) is 16.5. The number of hydrogen-bond acceptors (Lipinski definition) is 8. The summed E-state index contributed by atoms with van der Waals surface area (Å²) in [6, 6.07) is 14.3. The third-order valence-corrected chi connectivity index (χ3v) is 6.02. The maximum Gasteiger partial charge on any atom is 0.228 e. The molecule has 0 radical (unpaired) electrons. The van der Waals surface area contributed by atoms with Crippen molar-refractivity contribution in [2.24, 2.45) is 0 Å². The summed E-state index contributed by atoms with van der Waals surface area (Å²) in [5.41, 5.74) is 3.14. The molecule has 0 bridgehead atoms. The zero-order chi connectivity index (χ0) is 22.6. The van der Waals surface area contributed by atoms with Gasteiger partial charge in [0.05, 0.1) is 12.9 Å². The van der Waals surface area contributed by atoms with E-state index in [-0.39, 0.29) is 0 Å². The van der Waals surface area contributed by atoms with E-state index >= 15 is 0 Å². The summed E-state index contributed by atoms with van der Waals surface area (Å²) in [7, 11) is 3.68. The maximum absolute atomic E-state index is 5.55. The second kappa shape index (κ2) is 9.60. The second-order valence-corrected chi connectivity index (χ2v) is 8.24. The first-order chi connectivity index (χ1) is 16.2. The summed E-state index contributed by atoms with van der Waals surface area (Å²) in [5, 5.41) is 4.73. The number of benzene rings is 1. The van der Waals surface area contributed by atoms with Gasteiger partial charge in [-0.15, -0.1) is 5.10 Å². The zero-order valence-corrected chi connectivity index (χ0v) is 19.1. The standard InChI is InChI=1S/C24H29N7O2/c1-28(14-16-32-2)24-25-17-19(23-26-22(27-31(23)24)21-9-6-15-33-21)18-29-10-12-30(13-11-29)20-7-4-3-5-8-20/h3-9,15,17H,10-14,16,18H2,1-2H3. The molecule has 1 aliphatic heterocycles. The first-order valence-electron chi connectivity index (χ1n) is 11.2. The number of furan rings is 1. The van der Waals surface area contributed by atoms with Crippen LogP contribution in [0.2, 0.25) is 0 Å². The fraction of sp³-hybridized carbons (Fsp3) is 0.375. The van der Waals surface area contributed by atoms with Gasteiger partial charge in [0.2, 0.25) is 11.8 Å². The molecule has 4 heterocycles. The molecule has 0 N–H and O–H groups in total. The van der Waals surface area contributed by atoms with E-state index in [2.05, 4.69) is 40.1 Å². The van der Waals surface area contributed by atoms with E-state index in [1.165, 1.54) is 5.69 Å². The molecule has 0 saturated carbocycles. The summed E-state index contributed by atoms with van der Waals surface area (Å²) >= 11 is 0. The quantitative estimate of drug-likeness (QED) is 0.408. The van der Waals surface area contributed by atoms with Crippen molar-refractivity contribution in [1.82, 2.24) is 24.5 Å². The average molecular weight is 448 g/mol. The minimum absolute atomic E-state index is 0.560. The molecule has 1 fully saturated rings. The maximum atomic E-state index is 5.55. The van der Waals surface area contributed by atoms with E-state index in [9.17, 15) is 0 Å². The molecule has 1 aromatic carbocycles. The number of aromatic nitrogens is 4. The third-order valence-electron chi connectivity index (χ3n) is 6.02. The fourth-order valence-electron chi connectivity index (χ4n) is 4.16. The third kappa shape index (κ3) is 4.55. The lowest BCUT2D eigenvalue weighted by molar-refractivity contribution is 0.206. The number of nitrogens with zero attached hydrogens (tertiary/aromatic N) is 7. The van der Waals surface area contributed by atoms with Crippen LogP contribution in [0.3, 0.4) is 0 Å². The van der Waals surface area contributed by atoms with Gasteiger partial charge in [0.15, 0.2) is 11.4 Å². The van der Waals surface area contributed by atoms with Crippen molar-refractivity contribution in [3.8, 4) is 11.6 Å². The average Bonchev–Trinajstić information content (AvgIpc) is 3.54. The van der Waals surface area contributed by atoms with E-state index in [0.29, 0.717) is 24.7 Å². The molecule has 1 saturated heterocycles. The summed E-state index contributed by atoms with van der Waals surface area (Å²) in [6.45, 7) is 6.04. The van der Waals surface area contributed by atoms with Crippen LogP contribution in [0.15, 0.2) is 59.3 Å². The number of piperazine rings is 1. The molecule has 172 valence electrons. The van der Waals surface area contributed by atoms with Crippen molar-refractivity contribution < 1.29 is 9.15 Å². The van der Waals surface area contributed by atoms with Crippen LogP contribution in [0, 0.1) is 0 Å². The number of ether oxygens (including phenoxy) is 1. The molecule has 4 aromatic rings. The molecule has 3 aromatic heterocycles. The Morgan fingerprint density at radius 1 is 1.06 bits per heavy atom. The lowest BCUT2D eigenvalue weighted by atomic mass is 10.2. The van der Waals surface area contributed by atoms with Crippen molar-refractivity contribution in [3.63, 3.8) is 0 Å². The molecule has 1 aliphatic rings. The first-order valence-corrected chi connectivity index (χ1v) is 11.2. The molecule has 0 spiro atoms. The van der Waals surface area contributed by atoms with Gasteiger partial charge in [0.25, 0.3) is 0 Å². The minimum Gasteiger partial charge on any atom is -0.461 e. The molecule has 5 rings (SSSR count). The smallest absolute Gasteiger partial charge is 0.228 e. The Kier molecular flexibility index (Phi) is 6.23. The monoisotopic (exact) mass is 447 g/mol. The topological polar surface area (TPSA) is 75.2 Å². The summed E-state index contributed by atoms with van der Waals surface area (Å²) in [5.74, 6) is 1.93. The van der Waals surface area contributed by atoms with Gasteiger partial charge < -0.3 is 19.0 Å². The van der Waals surface area contributed by atoms with Gasteiger partial charge in [0, 0.05) is 70.9 Å². The van der Waals surface area contributed by atoms with E-state index in [0.717, 1.165) is 49.9 Å². The van der Waals surface area contributed by atoms with Gasteiger partial charge in [-0.2, -0.15) is 4.52 Å². The number of hydrogen-bond donors (Lipinski definition) is 0. The van der Waals surface area contributed by atoms with Gasteiger partial charge in [-0.3, -0.25) is 4.90 Å². The highest BCUT2D eigenvalue weighted by atomic mass is 16.5. The van der Waals surface area contributed by atoms with Gasteiger partial charge in [-0.1, -0.05) is 18.2 Å². The van der Waals surface area contributed by atoms with Gasteiger partial charge >= 0.3 is 0 Å². The predicted octanol–water partition coefficient (Wildman–Crippen LogP) is 2.79. The largest absolute Gasteiger partial charge is 0.461 e. The van der Waals surface area contributed by atoms with Crippen molar-refractivity contribution in [3.05, 3.63) is 60.5 Å². The second-order valence-electron chi connectivity index (χ2n) is 8.24. The number of methoxy groups -OCH3 is 1. The van der Waals surface area contributed by atoms with Crippen molar-refractivity contribution in [2.45, 2.75) is 6.54 Å². The van der Waals surface area contributed by atoms with Crippen LogP contribution in [-0.2, 0) is 11.3 Å². The molecule has 0 atom stereocenters. The number of likely N-dealkylation sites (N-methyl/N-ethyl adjacent to an activating group) is 1. The van der Waals surface area contributed by atoms with Crippen LogP contribution in [0.4, 0.5) is 11.6 Å². The van der Waals surface area contributed by atoms with Crippen molar-refractivity contribution in [2.75, 3.05) is 63.3 Å². The number of rotatable bonds is 8. The Bertz CT molecular complexity index is 1170. The lowest BCUT2D eigenvalue weighted by Crippen LogP contribution is -2.46. The van der Waals surface area contributed by atoms with E-state index < -0.39 is 0 Å². The van der Waals surface area contributed by atoms with Gasteiger partial charge in [0.1, 0.15) is 0 Å². The summed E-state index contributed by atoms with van der Waals surface area (Å²) in [6.07, 6.45) is 3.57. The molecular weight excluding hydrogens is 418 g/mol. The Hall–Kier alpha value is -3.43. The molecule has 9 heteroatoms. The van der Waals surface area contributed by atoms with Crippen LogP contribution in [-0.4, -0.2) is 78.0 Å². The minimum atomic E-state index is 0.560. The Labute approximate surface area is 193 Å². The molecule has 0 aliphatic carbocycles. The Morgan fingerprint density at radius 3 is 2.61 bits per heavy atom. The lowest BCUT2D eigenvalue weighted by Gasteiger charge is -2.36. The Balaban J connectivity index is 1.39. The molecule has 0 unspecified atom stereocenters. The summed E-state index contributed by atoms with van der Waals surface area (Å²) < 4.78 is 12.6. The van der Waals surface area contributed by atoms with E-state index in [1.807, 2.05) is 34.8 Å². The zero-order valence-electron chi connectivity index (χ0n) is 19.1. The highest BCUT2D eigenvalue weighted by Crippen LogP contribution is 2.23. The number of para-hydroxylation sites is 1. The van der Waals surface area contributed by atoms with Crippen LogP contribution in [0.1, 0.15) is 5.56 Å². The molecule has 0 amide bonds. The van der Waals surface area contributed by atoms with Crippen LogP contribution in [0.25, 0.3) is 17.2 Å². The van der Waals surface area contributed by atoms with E-state index in [4.69, 9.17) is 24.2 Å². The Morgan fingerprint density at radius 2 is 1.88 bits per heavy atom. The number of anilines is 2. The molecule has 9 nitrogen and oxygen atoms in total. The number of fused-ring (bicyclic) bond motifs is 1. The molecular formula is C24H29N7O2. The predicted molar refractivity (Wildman–Crippen MR) is 128 cm³/mol. The molecule has 33 heavy (non-hydrogen) atoms. The first kappa shape index (κ1) is 21.4. The van der Waals surface area contributed by atoms with Gasteiger partial charge in [-0.05, 0) is 24.3 Å². The van der Waals surface area contributed by atoms with Crippen molar-refractivity contribution in [1.29, 1.82) is 0 Å². The fourth-order valence-corrected chi connectivity index (χ4v) is 4.16. The van der Waals surface area contributed by atoms with Crippen LogP contribution in [0.5, 0.6) is 0 Å². The van der Waals surface area contributed by atoms with Crippen LogP contribution >= 0.6 is 0 Å². The highest BCUT2D eigenvalue weighted by molar-refractivity contribution is 5.58. The van der Waals surface area contributed by atoms with Crippen molar-refractivity contribution >= 4 is 17.3 Å². The SMILES string of the molecule is COCCN(C)c1ncc(CN2CCN(c3ccccc3)CC2)c2nc(-c3ccco3)nn12.